The van der Waals surface area contributed by atoms with Crippen LogP contribution < -0.4 is 9.64 Å². The Hall–Kier alpha value is -1.75. The molecule has 0 aliphatic carbocycles. The van der Waals surface area contributed by atoms with Gasteiger partial charge >= 0.3 is 11.8 Å². The van der Waals surface area contributed by atoms with E-state index in [1.807, 2.05) is 0 Å². The van der Waals surface area contributed by atoms with Gasteiger partial charge in [-0.05, 0) is 18.2 Å². The van der Waals surface area contributed by atoms with Gasteiger partial charge in [-0.25, -0.2) is 0 Å². The smallest absolute Gasteiger partial charge is 0.316 e. The Morgan fingerprint density at radius 3 is 2.56 bits per heavy atom. The van der Waals surface area contributed by atoms with Gasteiger partial charge in [0.1, 0.15) is 5.75 Å². The van der Waals surface area contributed by atoms with E-state index < -0.39 is 11.8 Å². The normalized spacial score (nSPS) is 16.2. The fraction of sp³-hybridized carbons (Fsp3) is 0.333. The first-order chi connectivity index (χ1) is 8.54. The van der Waals surface area contributed by atoms with Crippen LogP contribution in [-0.2, 0) is 9.59 Å². The number of anilines is 1. The summed E-state index contributed by atoms with van der Waals surface area (Å²) < 4.78 is 5.04. The highest BCUT2D eigenvalue weighted by Gasteiger charge is 2.31. The van der Waals surface area contributed by atoms with E-state index in [1.165, 1.54) is 16.9 Å². The summed E-state index contributed by atoms with van der Waals surface area (Å²) in [4.78, 5) is 26.3. The number of ether oxygens (including phenoxy) is 1. The molecule has 2 amide bonds. The molecule has 1 aromatic carbocycles. The van der Waals surface area contributed by atoms with Crippen LogP contribution in [0.5, 0.6) is 5.75 Å². The molecule has 1 heterocycles. The number of rotatable bonds is 2. The maximum atomic E-state index is 11.9. The van der Waals surface area contributed by atoms with Gasteiger partial charge in [0.25, 0.3) is 0 Å². The lowest BCUT2D eigenvalue weighted by Gasteiger charge is -2.31. The second-order valence-electron chi connectivity index (χ2n) is 4.00. The minimum Gasteiger partial charge on any atom is -0.495 e. The van der Waals surface area contributed by atoms with Crippen LogP contribution >= 0.6 is 11.6 Å². The Balaban J connectivity index is 2.29. The van der Waals surface area contributed by atoms with Gasteiger partial charge in [-0.1, -0.05) is 11.6 Å². The number of hydrogen-bond donors (Lipinski definition) is 0. The molecule has 1 aromatic rings. The highest BCUT2D eigenvalue weighted by Crippen LogP contribution is 2.29. The van der Waals surface area contributed by atoms with Crippen LogP contribution in [0.2, 0.25) is 5.02 Å². The van der Waals surface area contributed by atoms with Gasteiger partial charge in [0.15, 0.2) is 0 Å². The largest absolute Gasteiger partial charge is 0.495 e. The van der Waals surface area contributed by atoms with Crippen molar-refractivity contribution in [3.63, 3.8) is 0 Å². The molecule has 1 aliphatic heterocycles. The number of carbonyl (C=O) groups excluding carboxylic acids is 2. The van der Waals surface area contributed by atoms with Crippen molar-refractivity contribution in [2.45, 2.75) is 0 Å². The topological polar surface area (TPSA) is 49.9 Å². The maximum Gasteiger partial charge on any atom is 0.316 e. The number of methoxy groups -OCH3 is 1. The van der Waals surface area contributed by atoms with Gasteiger partial charge in [0.05, 0.1) is 12.1 Å². The standard InChI is InChI=1S/C12H13ClN2O3/c1-14-5-6-15(12(17)11(14)16)8-3-4-10(18-2)9(13)7-8/h3-4,7H,5-6H2,1-2H3. The second-order valence-corrected chi connectivity index (χ2v) is 4.41. The molecule has 0 unspecified atom stereocenters. The SMILES string of the molecule is COc1ccc(N2CCN(C)C(=O)C2=O)cc1Cl. The maximum absolute atomic E-state index is 11.9. The van der Waals surface area contributed by atoms with E-state index in [2.05, 4.69) is 0 Å². The molecular weight excluding hydrogens is 256 g/mol. The van der Waals surface area contributed by atoms with E-state index in [0.717, 1.165) is 0 Å². The minimum absolute atomic E-state index is 0.411. The zero-order valence-corrected chi connectivity index (χ0v) is 10.9. The Labute approximate surface area is 110 Å². The summed E-state index contributed by atoms with van der Waals surface area (Å²) in [5.41, 5.74) is 0.604. The molecule has 96 valence electrons. The molecule has 0 saturated carbocycles. The number of benzene rings is 1. The van der Waals surface area contributed by atoms with E-state index >= 15 is 0 Å². The molecule has 0 spiro atoms. The summed E-state index contributed by atoms with van der Waals surface area (Å²) in [5.74, 6) is -0.508. The molecule has 0 bridgehead atoms. The fourth-order valence-electron chi connectivity index (χ4n) is 1.80. The van der Waals surface area contributed by atoms with Gasteiger partial charge < -0.3 is 14.5 Å². The summed E-state index contributed by atoms with van der Waals surface area (Å²) in [6.45, 7) is 0.970. The zero-order chi connectivity index (χ0) is 13.3. The van der Waals surface area contributed by atoms with E-state index in [1.54, 1.807) is 25.2 Å². The minimum atomic E-state index is -0.537. The monoisotopic (exact) mass is 268 g/mol. The van der Waals surface area contributed by atoms with Crippen LogP contribution in [0.3, 0.4) is 0 Å². The first-order valence-electron chi connectivity index (χ1n) is 5.45. The Kier molecular flexibility index (Phi) is 3.43. The first-order valence-corrected chi connectivity index (χ1v) is 5.83. The van der Waals surface area contributed by atoms with Gasteiger partial charge in [0, 0.05) is 25.8 Å². The number of hydrogen-bond acceptors (Lipinski definition) is 3. The van der Waals surface area contributed by atoms with E-state index in [9.17, 15) is 9.59 Å². The molecule has 0 aromatic heterocycles. The molecular formula is C12H13ClN2O3. The lowest BCUT2D eigenvalue weighted by Crippen LogP contribution is -2.53. The fourth-order valence-corrected chi connectivity index (χ4v) is 2.05. The third-order valence-corrected chi connectivity index (χ3v) is 3.18. The molecule has 18 heavy (non-hydrogen) atoms. The summed E-state index contributed by atoms with van der Waals surface area (Å²) in [5, 5.41) is 0.411. The predicted molar refractivity (Wildman–Crippen MR) is 68.0 cm³/mol. The number of likely N-dealkylation sites (N-methyl/N-ethyl adjacent to an activating group) is 1. The van der Waals surface area contributed by atoms with E-state index in [0.29, 0.717) is 29.5 Å². The van der Waals surface area contributed by atoms with Gasteiger partial charge in [-0.3, -0.25) is 9.59 Å². The predicted octanol–water partition coefficient (Wildman–Crippen LogP) is 1.15. The lowest BCUT2D eigenvalue weighted by atomic mass is 10.2. The molecule has 1 aliphatic rings. The molecule has 0 N–H and O–H groups in total. The molecule has 0 radical (unpaired) electrons. The van der Waals surface area contributed by atoms with Crippen LogP contribution in [-0.4, -0.2) is 44.0 Å². The Morgan fingerprint density at radius 2 is 1.94 bits per heavy atom. The van der Waals surface area contributed by atoms with E-state index in [-0.39, 0.29) is 0 Å². The molecule has 1 fully saturated rings. The quantitative estimate of drug-likeness (QED) is 0.756. The highest BCUT2D eigenvalue weighted by molar-refractivity contribution is 6.41. The Bertz CT molecular complexity index is 504. The lowest BCUT2D eigenvalue weighted by molar-refractivity contribution is -0.145. The first kappa shape index (κ1) is 12.7. The zero-order valence-electron chi connectivity index (χ0n) is 10.1. The number of piperazine rings is 1. The van der Waals surface area contributed by atoms with Gasteiger partial charge in [0.2, 0.25) is 0 Å². The number of amides is 2. The summed E-state index contributed by atoms with van der Waals surface area (Å²) in [6, 6.07) is 5.01. The highest BCUT2D eigenvalue weighted by atomic mass is 35.5. The number of carbonyl (C=O) groups is 2. The summed E-state index contributed by atoms with van der Waals surface area (Å²) >= 11 is 6.00. The molecule has 1 saturated heterocycles. The van der Waals surface area contributed by atoms with Crippen molar-refractivity contribution in [2.75, 3.05) is 32.1 Å². The van der Waals surface area contributed by atoms with Crippen LogP contribution in [0.1, 0.15) is 0 Å². The van der Waals surface area contributed by atoms with Crippen LogP contribution in [0.4, 0.5) is 5.69 Å². The molecule has 0 atom stereocenters. The van der Waals surface area contributed by atoms with Crippen LogP contribution in [0, 0.1) is 0 Å². The molecule has 2 rings (SSSR count). The number of halogens is 1. The molecule has 6 heteroatoms. The van der Waals surface area contributed by atoms with Gasteiger partial charge in [-0.2, -0.15) is 0 Å². The van der Waals surface area contributed by atoms with E-state index in [4.69, 9.17) is 16.3 Å². The summed E-state index contributed by atoms with van der Waals surface area (Å²) in [6.07, 6.45) is 0. The van der Waals surface area contributed by atoms with Crippen molar-refractivity contribution in [2.24, 2.45) is 0 Å². The van der Waals surface area contributed by atoms with Crippen LogP contribution in [0.15, 0.2) is 18.2 Å². The van der Waals surface area contributed by atoms with Gasteiger partial charge in [-0.15, -0.1) is 0 Å². The third-order valence-electron chi connectivity index (χ3n) is 2.88. The van der Waals surface area contributed by atoms with Crippen molar-refractivity contribution in [3.05, 3.63) is 23.2 Å². The average molecular weight is 269 g/mol. The molecule has 5 nitrogen and oxygen atoms in total. The second kappa shape index (κ2) is 4.86. The van der Waals surface area contributed by atoms with Crippen molar-refractivity contribution in [1.82, 2.24) is 4.90 Å². The van der Waals surface area contributed by atoms with Crippen molar-refractivity contribution in [1.29, 1.82) is 0 Å². The van der Waals surface area contributed by atoms with Crippen molar-refractivity contribution in [3.8, 4) is 5.75 Å². The number of nitrogens with zero attached hydrogens (tertiary/aromatic N) is 2. The van der Waals surface area contributed by atoms with Crippen molar-refractivity contribution < 1.29 is 14.3 Å². The van der Waals surface area contributed by atoms with Crippen molar-refractivity contribution >= 4 is 29.1 Å². The van der Waals surface area contributed by atoms with Crippen LogP contribution in [0.25, 0.3) is 0 Å². The third kappa shape index (κ3) is 2.13. The average Bonchev–Trinajstić information content (AvgIpc) is 2.36. The Morgan fingerprint density at radius 1 is 1.22 bits per heavy atom. The summed E-state index contributed by atoms with van der Waals surface area (Å²) in [7, 11) is 3.13.